The van der Waals surface area contributed by atoms with Gasteiger partial charge in [0, 0.05) is 0 Å². The molecule has 4 rings (SSSR count). The molecule has 0 radical (unpaired) electrons. The van der Waals surface area contributed by atoms with Crippen LogP contribution in [-0.2, 0) is 9.47 Å². The van der Waals surface area contributed by atoms with Gasteiger partial charge in [0.1, 0.15) is 4.11 Å². The van der Waals surface area contributed by atoms with Crippen LogP contribution in [0.1, 0.15) is 52.4 Å². The molecular weight excluding hydrogens is 327 g/mol. The van der Waals surface area contributed by atoms with Crippen LogP contribution < -0.4 is 0 Å². The van der Waals surface area contributed by atoms with Crippen LogP contribution >= 0.6 is 22.6 Å². The van der Waals surface area contributed by atoms with Gasteiger partial charge in [0.25, 0.3) is 0 Å². The Balaban J connectivity index is 1.65. The SMILES string of the molecule is CC(I)OC(C)OC12CC3CC(CC(C3)C1)C2. The smallest absolute Gasteiger partial charge is 0.156 e. The molecule has 0 aliphatic heterocycles. The lowest BCUT2D eigenvalue weighted by Crippen LogP contribution is -2.53. The summed E-state index contributed by atoms with van der Waals surface area (Å²) in [5.41, 5.74) is 0.180. The number of halogens is 1. The Morgan fingerprint density at radius 2 is 1.47 bits per heavy atom. The van der Waals surface area contributed by atoms with Crippen LogP contribution in [-0.4, -0.2) is 16.0 Å². The summed E-state index contributed by atoms with van der Waals surface area (Å²) in [6.45, 7) is 4.13. The first-order valence-electron chi connectivity index (χ1n) is 7.02. The van der Waals surface area contributed by atoms with Crippen LogP contribution in [0.5, 0.6) is 0 Å². The zero-order chi connectivity index (χ0) is 12.0. The summed E-state index contributed by atoms with van der Waals surface area (Å²) < 4.78 is 12.3. The van der Waals surface area contributed by atoms with E-state index in [9.17, 15) is 0 Å². The maximum Gasteiger partial charge on any atom is 0.156 e. The summed E-state index contributed by atoms with van der Waals surface area (Å²) in [5.74, 6) is 2.85. The monoisotopic (exact) mass is 350 g/mol. The molecule has 17 heavy (non-hydrogen) atoms. The lowest BCUT2D eigenvalue weighted by molar-refractivity contribution is -0.250. The minimum Gasteiger partial charge on any atom is -0.346 e. The quantitative estimate of drug-likeness (QED) is 0.432. The van der Waals surface area contributed by atoms with Crippen molar-refractivity contribution in [2.45, 2.75) is 68.4 Å². The van der Waals surface area contributed by atoms with Crippen molar-refractivity contribution in [3.05, 3.63) is 0 Å². The standard InChI is InChI=1S/C14H23IO2/c1-9(15)16-10(2)17-14-6-11-3-12(7-14)5-13(4-11)8-14/h9-13H,3-8H2,1-2H3. The zero-order valence-electron chi connectivity index (χ0n) is 10.8. The van der Waals surface area contributed by atoms with E-state index in [1.807, 2.05) is 0 Å². The van der Waals surface area contributed by atoms with E-state index in [2.05, 4.69) is 36.4 Å². The molecule has 4 bridgehead atoms. The molecule has 0 aromatic carbocycles. The van der Waals surface area contributed by atoms with E-state index in [0.29, 0.717) is 0 Å². The normalized spacial score (nSPS) is 47.1. The van der Waals surface area contributed by atoms with E-state index < -0.39 is 0 Å². The number of hydrogen-bond donors (Lipinski definition) is 0. The van der Waals surface area contributed by atoms with Crippen molar-refractivity contribution in [1.29, 1.82) is 0 Å². The first-order valence-corrected chi connectivity index (χ1v) is 8.26. The fourth-order valence-corrected chi connectivity index (χ4v) is 5.23. The molecule has 0 amide bonds. The molecule has 0 spiro atoms. The maximum absolute atomic E-state index is 6.33. The summed E-state index contributed by atoms with van der Waals surface area (Å²) in [4.78, 5) is 0. The van der Waals surface area contributed by atoms with Gasteiger partial charge in [-0.25, -0.2) is 0 Å². The molecule has 2 unspecified atom stereocenters. The lowest BCUT2D eigenvalue weighted by atomic mass is 9.54. The number of ether oxygens (including phenoxy) is 2. The highest BCUT2D eigenvalue weighted by Gasteiger charge is 2.52. The van der Waals surface area contributed by atoms with E-state index in [0.717, 1.165) is 17.8 Å². The van der Waals surface area contributed by atoms with E-state index in [-0.39, 0.29) is 16.0 Å². The third-order valence-electron chi connectivity index (χ3n) is 4.78. The van der Waals surface area contributed by atoms with Gasteiger partial charge < -0.3 is 9.47 Å². The highest BCUT2D eigenvalue weighted by Crippen LogP contribution is 2.57. The predicted molar refractivity (Wildman–Crippen MR) is 76.0 cm³/mol. The molecule has 4 saturated carbocycles. The van der Waals surface area contributed by atoms with Gasteiger partial charge in [-0.15, -0.1) is 0 Å². The molecule has 2 atom stereocenters. The Morgan fingerprint density at radius 1 is 1.00 bits per heavy atom. The number of rotatable bonds is 4. The Kier molecular flexibility index (Phi) is 3.46. The van der Waals surface area contributed by atoms with Gasteiger partial charge in [-0.2, -0.15) is 0 Å². The Morgan fingerprint density at radius 3 is 1.88 bits per heavy atom. The van der Waals surface area contributed by atoms with E-state index in [4.69, 9.17) is 9.47 Å². The first kappa shape index (κ1) is 12.7. The van der Waals surface area contributed by atoms with E-state index in [1.165, 1.54) is 38.5 Å². The molecule has 2 nitrogen and oxygen atoms in total. The summed E-state index contributed by atoms with van der Waals surface area (Å²) in [7, 11) is 0. The van der Waals surface area contributed by atoms with Gasteiger partial charge in [-0.05, 0) is 70.1 Å². The average molecular weight is 350 g/mol. The van der Waals surface area contributed by atoms with Crippen LogP contribution in [0.3, 0.4) is 0 Å². The molecule has 4 fully saturated rings. The number of alkyl halides is 1. The Bertz CT molecular complexity index is 255. The maximum atomic E-state index is 6.33. The molecular formula is C14H23IO2. The van der Waals surface area contributed by atoms with Crippen molar-refractivity contribution >= 4 is 22.6 Å². The fourth-order valence-electron chi connectivity index (χ4n) is 4.82. The van der Waals surface area contributed by atoms with Crippen molar-refractivity contribution in [2.24, 2.45) is 17.8 Å². The molecule has 0 heterocycles. The number of hydrogen-bond acceptors (Lipinski definition) is 2. The van der Waals surface area contributed by atoms with Crippen molar-refractivity contribution in [3.8, 4) is 0 Å². The minimum absolute atomic E-state index is 0.0434. The summed E-state index contributed by atoms with van der Waals surface area (Å²) >= 11 is 2.30. The predicted octanol–water partition coefficient (Wildman–Crippen LogP) is 4.12. The molecule has 0 aromatic rings. The topological polar surface area (TPSA) is 18.5 Å². The largest absolute Gasteiger partial charge is 0.346 e. The molecule has 98 valence electrons. The molecule has 0 aromatic heterocycles. The Hall–Kier alpha value is 0.650. The van der Waals surface area contributed by atoms with Gasteiger partial charge >= 0.3 is 0 Å². The molecule has 0 N–H and O–H groups in total. The Labute approximate surface area is 118 Å². The molecule has 0 saturated heterocycles. The minimum atomic E-state index is -0.0434. The van der Waals surface area contributed by atoms with Gasteiger partial charge in [-0.1, -0.05) is 22.6 Å². The van der Waals surface area contributed by atoms with Crippen LogP contribution in [0.4, 0.5) is 0 Å². The summed E-state index contributed by atoms with van der Waals surface area (Å²) in [6, 6.07) is 0. The molecule has 3 heteroatoms. The lowest BCUT2D eigenvalue weighted by Gasteiger charge is -2.56. The second-order valence-electron chi connectivity index (χ2n) is 6.47. The highest BCUT2D eigenvalue weighted by atomic mass is 127. The van der Waals surface area contributed by atoms with Crippen LogP contribution in [0.2, 0.25) is 0 Å². The van der Waals surface area contributed by atoms with Gasteiger partial charge in [0.2, 0.25) is 0 Å². The summed E-state index contributed by atoms with van der Waals surface area (Å²) in [5, 5.41) is 0. The van der Waals surface area contributed by atoms with Crippen LogP contribution in [0.15, 0.2) is 0 Å². The zero-order valence-corrected chi connectivity index (χ0v) is 13.0. The second-order valence-corrected chi connectivity index (χ2v) is 8.22. The highest BCUT2D eigenvalue weighted by molar-refractivity contribution is 14.1. The average Bonchev–Trinajstić information content (AvgIpc) is 2.11. The first-order chi connectivity index (χ1) is 8.05. The van der Waals surface area contributed by atoms with E-state index in [1.54, 1.807) is 0 Å². The van der Waals surface area contributed by atoms with Crippen molar-refractivity contribution in [1.82, 2.24) is 0 Å². The summed E-state index contributed by atoms with van der Waals surface area (Å²) in [6.07, 6.45) is 8.26. The van der Waals surface area contributed by atoms with E-state index >= 15 is 0 Å². The molecule has 4 aliphatic carbocycles. The van der Waals surface area contributed by atoms with Crippen molar-refractivity contribution in [2.75, 3.05) is 0 Å². The third kappa shape index (κ3) is 2.66. The van der Waals surface area contributed by atoms with Crippen molar-refractivity contribution < 1.29 is 9.47 Å². The van der Waals surface area contributed by atoms with Gasteiger partial charge in [0.15, 0.2) is 6.29 Å². The van der Waals surface area contributed by atoms with Crippen LogP contribution in [0, 0.1) is 17.8 Å². The molecule has 4 aliphatic rings. The second kappa shape index (κ2) is 4.64. The van der Waals surface area contributed by atoms with Crippen LogP contribution in [0.25, 0.3) is 0 Å². The van der Waals surface area contributed by atoms with Crippen molar-refractivity contribution in [3.63, 3.8) is 0 Å². The van der Waals surface area contributed by atoms with Gasteiger partial charge in [0.05, 0.1) is 5.60 Å². The van der Waals surface area contributed by atoms with Gasteiger partial charge in [-0.3, -0.25) is 0 Å². The third-order valence-corrected chi connectivity index (χ3v) is 5.07. The fraction of sp³-hybridized carbons (Fsp3) is 1.00.